The van der Waals surface area contributed by atoms with Gasteiger partial charge in [-0.15, -0.1) is 0 Å². The van der Waals surface area contributed by atoms with Crippen LogP contribution in [0.2, 0.25) is 0 Å². The molecule has 0 radical (unpaired) electrons. The summed E-state index contributed by atoms with van der Waals surface area (Å²) in [4.78, 5) is 27.2. The second kappa shape index (κ2) is 6.92. The van der Waals surface area contributed by atoms with Gasteiger partial charge >= 0.3 is 0 Å². The molecule has 1 aliphatic rings. The molecule has 27 heavy (non-hydrogen) atoms. The fourth-order valence-electron chi connectivity index (χ4n) is 3.39. The van der Waals surface area contributed by atoms with E-state index in [1.807, 2.05) is 54.6 Å². The Kier molecular flexibility index (Phi) is 4.30. The summed E-state index contributed by atoms with van der Waals surface area (Å²) in [5.41, 5.74) is 1.98. The van der Waals surface area contributed by atoms with Crippen LogP contribution in [0.25, 0.3) is 5.76 Å². The molecule has 0 aliphatic carbocycles. The third-order valence-corrected chi connectivity index (χ3v) is 4.64. The number of carbonyl (C=O) groups excluding carboxylic acids is 2. The lowest BCUT2D eigenvalue weighted by atomic mass is 9.95. The van der Waals surface area contributed by atoms with E-state index in [-0.39, 0.29) is 11.3 Å². The number of rotatable bonds is 3. The van der Waals surface area contributed by atoms with Gasteiger partial charge in [-0.1, -0.05) is 78.9 Å². The van der Waals surface area contributed by atoms with Gasteiger partial charge < -0.3 is 5.11 Å². The van der Waals surface area contributed by atoms with E-state index in [0.717, 1.165) is 5.56 Å². The molecule has 0 bridgehead atoms. The second-order valence-corrected chi connectivity index (χ2v) is 6.28. The third kappa shape index (κ3) is 2.91. The van der Waals surface area contributed by atoms with E-state index in [1.54, 1.807) is 36.4 Å². The average molecular weight is 355 g/mol. The van der Waals surface area contributed by atoms with E-state index < -0.39 is 17.7 Å². The van der Waals surface area contributed by atoms with Crippen molar-refractivity contribution in [3.63, 3.8) is 0 Å². The third-order valence-electron chi connectivity index (χ3n) is 4.64. The molecule has 1 saturated heterocycles. The highest BCUT2D eigenvalue weighted by atomic mass is 16.3. The summed E-state index contributed by atoms with van der Waals surface area (Å²) in [5, 5.41) is 10.9. The van der Waals surface area contributed by atoms with Crippen molar-refractivity contribution in [1.82, 2.24) is 0 Å². The van der Waals surface area contributed by atoms with Gasteiger partial charge in [0.15, 0.2) is 0 Å². The molecule has 0 unspecified atom stereocenters. The van der Waals surface area contributed by atoms with Crippen LogP contribution >= 0.6 is 0 Å². The van der Waals surface area contributed by atoms with Gasteiger partial charge in [-0.3, -0.25) is 14.5 Å². The van der Waals surface area contributed by atoms with E-state index in [2.05, 4.69) is 0 Å². The number of hydrogen-bond acceptors (Lipinski definition) is 3. The molecule has 4 heteroatoms. The molecule has 4 rings (SSSR count). The molecule has 4 nitrogen and oxygen atoms in total. The summed E-state index contributed by atoms with van der Waals surface area (Å²) in [6.07, 6.45) is 0. The molecule has 1 aliphatic heterocycles. The van der Waals surface area contributed by atoms with E-state index in [0.29, 0.717) is 11.3 Å². The Morgan fingerprint density at radius 3 is 1.85 bits per heavy atom. The number of hydrogen-bond donors (Lipinski definition) is 1. The van der Waals surface area contributed by atoms with E-state index in [9.17, 15) is 14.7 Å². The number of amides is 1. The Morgan fingerprint density at radius 2 is 1.26 bits per heavy atom. The zero-order valence-electron chi connectivity index (χ0n) is 14.4. The summed E-state index contributed by atoms with van der Waals surface area (Å²) in [6, 6.07) is 26.4. The van der Waals surface area contributed by atoms with Crippen LogP contribution in [0.4, 0.5) is 5.69 Å². The zero-order valence-corrected chi connectivity index (χ0v) is 14.4. The second-order valence-electron chi connectivity index (χ2n) is 6.28. The zero-order chi connectivity index (χ0) is 18.8. The SMILES string of the molecule is O=C1C(=O)N(c2ccccc2)[C@H](c2ccccc2)/C1=C(/O)c1ccccc1. The lowest BCUT2D eigenvalue weighted by molar-refractivity contribution is -0.132. The summed E-state index contributed by atoms with van der Waals surface area (Å²) in [6.45, 7) is 0. The maximum atomic E-state index is 12.9. The molecule has 3 aromatic rings. The highest BCUT2D eigenvalue weighted by molar-refractivity contribution is 6.51. The van der Waals surface area contributed by atoms with Crippen molar-refractivity contribution < 1.29 is 14.7 Å². The van der Waals surface area contributed by atoms with Gasteiger partial charge in [-0.2, -0.15) is 0 Å². The number of aliphatic hydroxyl groups is 1. The first kappa shape index (κ1) is 16.8. The Morgan fingerprint density at radius 1 is 0.741 bits per heavy atom. The van der Waals surface area contributed by atoms with Crippen molar-refractivity contribution in [2.45, 2.75) is 6.04 Å². The number of Topliss-reactive ketones (excluding diaryl/α,β-unsaturated/α-hetero) is 1. The lowest BCUT2D eigenvalue weighted by Crippen LogP contribution is -2.29. The Labute approximate surface area is 157 Å². The van der Waals surface area contributed by atoms with E-state index in [4.69, 9.17) is 0 Å². The van der Waals surface area contributed by atoms with Gasteiger partial charge in [0.05, 0.1) is 11.6 Å². The Balaban J connectivity index is 1.95. The molecule has 132 valence electrons. The lowest BCUT2D eigenvalue weighted by Gasteiger charge is -2.25. The van der Waals surface area contributed by atoms with Crippen molar-refractivity contribution in [2.75, 3.05) is 4.90 Å². The van der Waals surface area contributed by atoms with Crippen molar-refractivity contribution in [1.29, 1.82) is 0 Å². The number of nitrogens with zero attached hydrogens (tertiary/aromatic N) is 1. The molecule has 1 amide bonds. The first-order valence-electron chi connectivity index (χ1n) is 8.65. The summed E-state index contributed by atoms with van der Waals surface area (Å²) < 4.78 is 0. The number of carbonyl (C=O) groups is 2. The highest BCUT2D eigenvalue weighted by Crippen LogP contribution is 2.41. The average Bonchev–Trinajstić information content (AvgIpc) is 3.00. The van der Waals surface area contributed by atoms with Gasteiger partial charge in [-0.25, -0.2) is 0 Å². The molecular formula is C23H17NO3. The summed E-state index contributed by atoms with van der Waals surface area (Å²) in [7, 11) is 0. The quantitative estimate of drug-likeness (QED) is 0.433. The maximum absolute atomic E-state index is 12.9. The van der Waals surface area contributed by atoms with E-state index >= 15 is 0 Å². The molecule has 1 heterocycles. The molecular weight excluding hydrogens is 338 g/mol. The predicted octanol–water partition coefficient (Wildman–Crippen LogP) is 4.31. The Hall–Kier alpha value is -3.66. The number of para-hydroxylation sites is 1. The number of anilines is 1. The summed E-state index contributed by atoms with van der Waals surface area (Å²) in [5.74, 6) is -1.50. The standard InChI is InChI=1S/C23H17NO3/c25-21(17-12-6-2-7-13-17)19-20(16-10-4-1-5-11-16)24(23(27)22(19)26)18-14-8-3-9-15-18/h1-15,20,25H/b21-19-/t20-/m1/s1. The predicted molar refractivity (Wildman–Crippen MR) is 104 cm³/mol. The number of ketones is 1. The Bertz CT molecular complexity index is 1010. The maximum Gasteiger partial charge on any atom is 0.300 e. The largest absolute Gasteiger partial charge is 0.507 e. The van der Waals surface area contributed by atoms with Crippen LogP contribution in [-0.4, -0.2) is 16.8 Å². The first-order chi connectivity index (χ1) is 13.2. The number of aliphatic hydroxyl groups excluding tert-OH is 1. The molecule has 0 spiro atoms. The van der Waals surface area contributed by atoms with Crippen LogP contribution in [0, 0.1) is 0 Å². The molecule has 1 fully saturated rings. The topological polar surface area (TPSA) is 57.6 Å². The fraction of sp³-hybridized carbons (Fsp3) is 0.0435. The molecule has 1 N–H and O–H groups in total. The normalized spacial score (nSPS) is 18.7. The minimum Gasteiger partial charge on any atom is -0.507 e. The van der Waals surface area contributed by atoms with E-state index in [1.165, 1.54) is 4.90 Å². The first-order valence-corrected chi connectivity index (χ1v) is 8.65. The van der Waals surface area contributed by atoms with Gasteiger partial charge in [0, 0.05) is 11.3 Å². The molecule has 3 aromatic carbocycles. The van der Waals surface area contributed by atoms with Gasteiger partial charge in [0.25, 0.3) is 11.7 Å². The van der Waals surface area contributed by atoms with Crippen LogP contribution in [-0.2, 0) is 9.59 Å². The monoisotopic (exact) mass is 355 g/mol. The minimum absolute atomic E-state index is 0.0984. The van der Waals surface area contributed by atoms with Gasteiger partial charge in [0.2, 0.25) is 0 Å². The molecule has 0 aromatic heterocycles. The smallest absolute Gasteiger partial charge is 0.300 e. The number of benzene rings is 3. The fourth-order valence-corrected chi connectivity index (χ4v) is 3.39. The van der Waals surface area contributed by atoms with Crippen molar-refractivity contribution in [3.8, 4) is 0 Å². The van der Waals surface area contributed by atoms with Crippen LogP contribution < -0.4 is 4.90 Å². The van der Waals surface area contributed by atoms with Crippen molar-refractivity contribution >= 4 is 23.1 Å². The van der Waals surface area contributed by atoms with Crippen molar-refractivity contribution in [2.24, 2.45) is 0 Å². The van der Waals surface area contributed by atoms with Gasteiger partial charge in [0.1, 0.15) is 5.76 Å². The van der Waals surface area contributed by atoms with Gasteiger partial charge in [-0.05, 0) is 17.7 Å². The highest BCUT2D eigenvalue weighted by Gasteiger charge is 2.46. The molecule has 1 atom stereocenters. The van der Waals surface area contributed by atoms with Crippen LogP contribution in [0.15, 0.2) is 96.6 Å². The van der Waals surface area contributed by atoms with Crippen LogP contribution in [0.5, 0.6) is 0 Å². The van der Waals surface area contributed by atoms with Crippen molar-refractivity contribution in [3.05, 3.63) is 108 Å². The summed E-state index contributed by atoms with van der Waals surface area (Å²) >= 11 is 0. The van der Waals surface area contributed by atoms with Crippen LogP contribution in [0.3, 0.4) is 0 Å². The minimum atomic E-state index is -0.686. The van der Waals surface area contributed by atoms with Crippen LogP contribution in [0.1, 0.15) is 17.2 Å². The molecule has 0 saturated carbocycles.